The summed E-state index contributed by atoms with van der Waals surface area (Å²) in [6.45, 7) is 0. The highest BCUT2D eigenvalue weighted by Gasteiger charge is 2.28. The molecule has 20 heavy (non-hydrogen) atoms. The number of benzene rings is 1. The summed E-state index contributed by atoms with van der Waals surface area (Å²) >= 11 is 0. The van der Waals surface area contributed by atoms with Gasteiger partial charge in [0.2, 0.25) is 0 Å². The number of fused-ring (bicyclic) bond motifs is 3. The van der Waals surface area contributed by atoms with Gasteiger partial charge in [0.15, 0.2) is 0 Å². The Bertz CT molecular complexity index is 777. The average molecular weight is 263 g/mol. The van der Waals surface area contributed by atoms with Gasteiger partial charge in [0, 0.05) is 11.8 Å². The molecule has 0 spiro atoms. The van der Waals surface area contributed by atoms with Gasteiger partial charge < -0.3 is 15.6 Å². The number of para-hydroxylation sites is 1. The minimum absolute atomic E-state index is 0.0419. The minimum atomic E-state index is 0.0419. The fourth-order valence-corrected chi connectivity index (χ4v) is 2.68. The zero-order chi connectivity index (χ0) is 13.5. The summed E-state index contributed by atoms with van der Waals surface area (Å²) in [5, 5.41) is 3.46. The quantitative estimate of drug-likeness (QED) is 0.744. The van der Waals surface area contributed by atoms with E-state index in [-0.39, 0.29) is 6.04 Å². The SMILES string of the molecule is Nc1ncccc1NC1c2ccccc2-n2cncc21. The number of hydrogen-bond acceptors (Lipinski definition) is 4. The van der Waals surface area contributed by atoms with Gasteiger partial charge in [0.1, 0.15) is 5.82 Å². The molecule has 0 amide bonds. The smallest absolute Gasteiger partial charge is 0.146 e. The molecule has 4 rings (SSSR count). The number of rotatable bonds is 2. The molecule has 5 nitrogen and oxygen atoms in total. The van der Waals surface area contributed by atoms with Crippen molar-refractivity contribution in [2.24, 2.45) is 0 Å². The maximum absolute atomic E-state index is 5.92. The molecule has 0 bridgehead atoms. The highest BCUT2D eigenvalue weighted by atomic mass is 15.1. The van der Waals surface area contributed by atoms with Crippen LogP contribution in [0.15, 0.2) is 55.1 Å². The molecule has 3 heterocycles. The Morgan fingerprint density at radius 3 is 2.95 bits per heavy atom. The maximum atomic E-state index is 5.92. The topological polar surface area (TPSA) is 68.8 Å². The molecule has 0 aliphatic carbocycles. The van der Waals surface area contributed by atoms with Gasteiger partial charge in [-0.2, -0.15) is 0 Å². The van der Waals surface area contributed by atoms with Gasteiger partial charge >= 0.3 is 0 Å². The Morgan fingerprint density at radius 2 is 2.05 bits per heavy atom. The number of nitrogen functional groups attached to an aromatic ring is 1. The van der Waals surface area contributed by atoms with Crippen molar-refractivity contribution in [2.45, 2.75) is 6.04 Å². The van der Waals surface area contributed by atoms with Crippen molar-refractivity contribution in [3.05, 3.63) is 66.4 Å². The number of nitrogens with two attached hydrogens (primary N) is 1. The first-order valence-corrected chi connectivity index (χ1v) is 6.43. The summed E-state index contributed by atoms with van der Waals surface area (Å²) in [6, 6.07) is 12.1. The molecular formula is C15H13N5. The number of anilines is 2. The Balaban J connectivity index is 1.81. The van der Waals surface area contributed by atoms with Crippen LogP contribution in [0.5, 0.6) is 0 Å². The number of nitrogens with zero attached hydrogens (tertiary/aromatic N) is 3. The van der Waals surface area contributed by atoms with E-state index in [1.54, 1.807) is 6.20 Å². The Hall–Kier alpha value is -2.82. The lowest BCUT2D eigenvalue weighted by atomic mass is 10.1. The van der Waals surface area contributed by atoms with Crippen molar-refractivity contribution in [3.63, 3.8) is 0 Å². The van der Waals surface area contributed by atoms with Crippen molar-refractivity contribution < 1.29 is 0 Å². The molecule has 1 aliphatic rings. The van der Waals surface area contributed by atoms with E-state index >= 15 is 0 Å². The van der Waals surface area contributed by atoms with Gasteiger partial charge in [0.05, 0.1) is 35.6 Å². The van der Waals surface area contributed by atoms with Crippen LogP contribution in [0.4, 0.5) is 11.5 Å². The van der Waals surface area contributed by atoms with Gasteiger partial charge in [-0.1, -0.05) is 18.2 Å². The standard InChI is InChI=1S/C15H13N5/c16-15-11(5-3-7-18-15)19-14-10-4-1-2-6-12(10)20-9-17-8-13(14)20/h1-9,14,19H,(H2,16,18). The average Bonchev–Trinajstić information content (AvgIpc) is 3.04. The van der Waals surface area contributed by atoms with Gasteiger partial charge in [-0.3, -0.25) is 0 Å². The number of nitrogens with one attached hydrogen (secondary N) is 1. The second kappa shape index (κ2) is 4.09. The van der Waals surface area contributed by atoms with Gasteiger partial charge in [0.25, 0.3) is 0 Å². The van der Waals surface area contributed by atoms with Gasteiger partial charge in [-0.05, 0) is 18.2 Å². The van der Waals surface area contributed by atoms with E-state index in [9.17, 15) is 0 Å². The van der Waals surface area contributed by atoms with Crippen molar-refractivity contribution in [1.82, 2.24) is 14.5 Å². The van der Waals surface area contributed by atoms with Crippen LogP contribution in [0, 0.1) is 0 Å². The van der Waals surface area contributed by atoms with Crippen LogP contribution in [-0.4, -0.2) is 14.5 Å². The normalized spacial score (nSPS) is 15.7. The third-order valence-electron chi connectivity index (χ3n) is 3.61. The highest BCUT2D eigenvalue weighted by molar-refractivity contribution is 5.65. The summed E-state index contributed by atoms with van der Waals surface area (Å²) < 4.78 is 2.10. The van der Waals surface area contributed by atoms with Crippen molar-refractivity contribution >= 4 is 11.5 Å². The predicted molar refractivity (Wildman–Crippen MR) is 77.7 cm³/mol. The van der Waals surface area contributed by atoms with Gasteiger partial charge in [-0.15, -0.1) is 0 Å². The summed E-state index contributed by atoms with van der Waals surface area (Å²) in [4.78, 5) is 8.35. The molecule has 0 fully saturated rings. The van der Waals surface area contributed by atoms with E-state index in [1.165, 1.54) is 5.56 Å². The molecule has 0 saturated carbocycles. The van der Waals surface area contributed by atoms with E-state index in [1.807, 2.05) is 36.8 Å². The Kier molecular flexibility index (Phi) is 2.26. The van der Waals surface area contributed by atoms with E-state index < -0.39 is 0 Å². The second-order valence-corrected chi connectivity index (χ2v) is 4.76. The minimum Gasteiger partial charge on any atom is -0.382 e. The molecule has 3 aromatic rings. The summed E-state index contributed by atoms with van der Waals surface area (Å²) in [6.07, 6.45) is 5.40. The Morgan fingerprint density at radius 1 is 1.15 bits per heavy atom. The Labute approximate surface area is 116 Å². The van der Waals surface area contributed by atoms with E-state index in [2.05, 4.69) is 32.0 Å². The zero-order valence-corrected chi connectivity index (χ0v) is 10.7. The van der Waals surface area contributed by atoms with Crippen LogP contribution in [0.3, 0.4) is 0 Å². The second-order valence-electron chi connectivity index (χ2n) is 4.76. The molecule has 3 N–H and O–H groups in total. The monoisotopic (exact) mass is 263 g/mol. The molecule has 0 radical (unpaired) electrons. The fourth-order valence-electron chi connectivity index (χ4n) is 2.68. The molecule has 2 aromatic heterocycles. The molecular weight excluding hydrogens is 250 g/mol. The van der Waals surface area contributed by atoms with Crippen LogP contribution in [-0.2, 0) is 0 Å². The molecule has 5 heteroatoms. The molecule has 98 valence electrons. The largest absolute Gasteiger partial charge is 0.382 e. The number of aromatic nitrogens is 3. The summed E-state index contributed by atoms with van der Waals surface area (Å²) in [5.41, 5.74) is 10.2. The fraction of sp³-hybridized carbons (Fsp3) is 0.0667. The van der Waals surface area contributed by atoms with Crippen LogP contribution in [0.25, 0.3) is 5.69 Å². The number of hydrogen-bond donors (Lipinski definition) is 2. The first kappa shape index (κ1) is 11.0. The van der Waals surface area contributed by atoms with E-state index in [0.717, 1.165) is 17.1 Å². The van der Waals surface area contributed by atoms with Crippen LogP contribution in [0.1, 0.15) is 17.3 Å². The van der Waals surface area contributed by atoms with Crippen molar-refractivity contribution in [2.75, 3.05) is 11.1 Å². The predicted octanol–water partition coefficient (Wildman–Crippen LogP) is 2.36. The number of imidazole rings is 1. The first-order valence-electron chi connectivity index (χ1n) is 6.43. The lowest BCUT2D eigenvalue weighted by molar-refractivity contribution is 0.922. The van der Waals surface area contributed by atoms with Gasteiger partial charge in [-0.25, -0.2) is 9.97 Å². The third kappa shape index (κ3) is 1.50. The summed E-state index contributed by atoms with van der Waals surface area (Å²) in [7, 11) is 0. The molecule has 1 unspecified atom stereocenters. The molecule has 1 aliphatic heterocycles. The maximum Gasteiger partial charge on any atom is 0.146 e. The number of pyridine rings is 1. The van der Waals surface area contributed by atoms with Crippen molar-refractivity contribution in [3.8, 4) is 5.69 Å². The van der Waals surface area contributed by atoms with E-state index in [4.69, 9.17) is 5.73 Å². The van der Waals surface area contributed by atoms with Crippen LogP contribution >= 0.6 is 0 Å². The lowest BCUT2D eigenvalue weighted by Gasteiger charge is -2.16. The van der Waals surface area contributed by atoms with Crippen LogP contribution in [0.2, 0.25) is 0 Å². The van der Waals surface area contributed by atoms with E-state index in [0.29, 0.717) is 5.82 Å². The zero-order valence-electron chi connectivity index (χ0n) is 10.7. The summed E-state index contributed by atoms with van der Waals surface area (Å²) in [5.74, 6) is 0.503. The first-order chi connectivity index (χ1) is 9.84. The molecule has 1 atom stereocenters. The van der Waals surface area contributed by atoms with Crippen molar-refractivity contribution in [1.29, 1.82) is 0 Å². The van der Waals surface area contributed by atoms with Crippen LogP contribution < -0.4 is 11.1 Å². The molecule has 0 saturated heterocycles. The highest BCUT2D eigenvalue weighted by Crippen LogP contribution is 2.38. The molecule has 1 aromatic carbocycles. The third-order valence-corrected chi connectivity index (χ3v) is 3.61. The lowest BCUT2D eigenvalue weighted by Crippen LogP contribution is -2.11.